The van der Waals surface area contributed by atoms with E-state index in [1.54, 1.807) is 65.6 Å². The maximum Gasteiger partial charge on any atom is 0.137 e. The van der Waals surface area contributed by atoms with Gasteiger partial charge in [0.15, 0.2) is 0 Å². The third kappa shape index (κ3) is 4.25. The Hall–Kier alpha value is -2.34. The van der Waals surface area contributed by atoms with E-state index in [4.69, 9.17) is 27.9 Å². The summed E-state index contributed by atoms with van der Waals surface area (Å²) in [7, 11) is 0. The molecule has 0 unspecified atom stereocenters. The minimum Gasteiger partial charge on any atom is -0.457 e. The fraction of sp³-hybridized carbons (Fsp3) is 0.158. The Morgan fingerprint density at radius 3 is 2.50 bits per heavy atom. The zero-order valence-electron chi connectivity index (χ0n) is 14.0. The van der Waals surface area contributed by atoms with Crippen molar-refractivity contribution in [2.45, 2.75) is 19.1 Å². The minimum absolute atomic E-state index is 0.189. The summed E-state index contributed by atoms with van der Waals surface area (Å²) in [4.78, 5) is 3.90. The zero-order chi connectivity index (χ0) is 18.6. The number of halogens is 2. The predicted molar refractivity (Wildman–Crippen MR) is 102 cm³/mol. The molecule has 134 valence electrons. The molecular weight excluding hydrogens is 373 g/mol. The lowest BCUT2D eigenvalue weighted by molar-refractivity contribution is 0.0654. The summed E-state index contributed by atoms with van der Waals surface area (Å²) in [5.74, 6) is 1.20. The van der Waals surface area contributed by atoms with Gasteiger partial charge in [0.25, 0.3) is 0 Å². The van der Waals surface area contributed by atoms with Crippen molar-refractivity contribution >= 4 is 23.2 Å². The van der Waals surface area contributed by atoms with Gasteiger partial charge in [-0.1, -0.05) is 41.4 Å². The number of ether oxygens (including phenoxy) is 1. The third-order valence-electron chi connectivity index (χ3n) is 3.77. The monoisotopic (exact) mass is 389 g/mol. The van der Waals surface area contributed by atoms with Crippen LogP contribution in [0.4, 0.5) is 0 Å². The number of aliphatic hydroxyl groups is 1. The van der Waals surface area contributed by atoms with Crippen molar-refractivity contribution in [3.05, 3.63) is 82.9 Å². The highest BCUT2D eigenvalue weighted by Crippen LogP contribution is 2.35. The van der Waals surface area contributed by atoms with Crippen molar-refractivity contribution in [2.75, 3.05) is 0 Å². The van der Waals surface area contributed by atoms with Crippen LogP contribution in [0.15, 0.2) is 67.3 Å². The lowest BCUT2D eigenvalue weighted by Gasteiger charge is -2.26. The van der Waals surface area contributed by atoms with Crippen LogP contribution in [-0.4, -0.2) is 19.9 Å². The second kappa shape index (κ2) is 7.91. The Morgan fingerprint density at radius 2 is 1.88 bits per heavy atom. The Bertz CT molecular complexity index is 896. The smallest absolute Gasteiger partial charge is 0.137 e. The normalized spacial score (nSPS) is 13.7. The summed E-state index contributed by atoms with van der Waals surface area (Å²) in [5.41, 5.74) is -0.769. The first-order chi connectivity index (χ1) is 12.5. The van der Waals surface area contributed by atoms with Gasteiger partial charge in [-0.05, 0) is 43.3 Å². The van der Waals surface area contributed by atoms with Crippen molar-refractivity contribution in [2.24, 2.45) is 0 Å². The van der Waals surface area contributed by atoms with E-state index >= 15 is 0 Å². The quantitative estimate of drug-likeness (QED) is 0.612. The first kappa shape index (κ1) is 18.5. The van der Waals surface area contributed by atoms with Crippen LogP contribution < -0.4 is 4.74 Å². The van der Waals surface area contributed by atoms with E-state index in [1.165, 1.54) is 6.33 Å². The number of rotatable bonds is 6. The highest BCUT2D eigenvalue weighted by molar-refractivity contribution is 6.31. The van der Waals surface area contributed by atoms with E-state index in [9.17, 15) is 5.11 Å². The molecule has 0 saturated heterocycles. The van der Waals surface area contributed by atoms with Crippen LogP contribution in [0.25, 0.3) is 0 Å². The summed E-state index contributed by atoms with van der Waals surface area (Å²) in [6.07, 6.45) is 6.40. The Morgan fingerprint density at radius 1 is 1.15 bits per heavy atom. The van der Waals surface area contributed by atoms with E-state index < -0.39 is 5.60 Å². The van der Waals surface area contributed by atoms with Gasteiger partial charge in [-0.25, -0.2) is 9.67 Å². The van der Waals surface area contributed by atoms with E-state index in [0.29, 0.717) is 27.1 Å². The lowest BCUT2D eigenvalue weighted by atomic mass is 9.93. The fourth-order valence-electron chi connectivity index (χ4n) is 2.61. The van der Waals surface area contributed by atoms with Crippen LogP contribution in [0.5, 0.6) is 11.5 Å². The fourth-order valence-corrected chi connectivity index (χ4v) is 3.07. The van der Waals surface area contributed by atoms with Gasteiger partial charge in [-0.2, -0.15) is 5.10 Å². The number of hydrogen-bond donors (Lipinski definition) is 1. The van der Waals surface area contributed by atoms with Gasteiger partial charge >= 0.3 is 0 Å². The summed E-state index contributed by atoms with van der Waals surface area (Å²) in [6.45, 7) is 2.02. The number of hydrogen-bond acceptors (Lipinski definition) is 4. The third-order valence-corrected chi connectivity index (χ3v) is 4.33. The van der Waals surface area contributed by atoms with Gasteiger partial charge in [-0.3, -0.25) is 0 Å². The first-order valence-corrected chi connectivity index (χ1v) is 8.68. The Labute approximate surface area is 161 Å². The average molecular weight is 390 g/mol. The lowest BCUT2D eigenvalue weighted by Crippen LogP contribution is -2.30. The largest absolute Gasteiger partial charge is 0.457 e. The van der Waals surface area contributed by atoms with Gasteiger partial charge in [0.05, 0.1) is 11.6 Å². The Balaban J connectivity index is 1.88. The molecule has 5 nitrogen and oxygen atoms in total. The van der Waals surface area contributed by atoms with Crippen molar-refractivity contribution in [3.63, 3.8) is 0 Å². The molecular formula is C19H17Cl2N3O2. The molecule has 3 rings (SSSR count). The van der Waals surface area contributed by atoms with Crippen LogP contribution in [0.2, 0.25) is 10.0 Å². The van der Waals surface area contributed by atoms with E-state index in [0.717, 1.165) is 0 Å². The molecule has 1 atom stereocenters. The topological polar surface area (TPSA) is 60.2 Å². The van der Waals surface area contributed by atoms with E-state index in [-0.39, 0.29) is 6.54 Å². The van der Waals surface area contributed by atoms with Gasteiger partial charge in [0.2, 0.25) is 0 Å². The average Bonchev–Trinajstić information content (AvgIpc) is 3.10. The summed E-state index contributed by atoms with van der Waals surface area (Å²) < 4.78 is 7.33. The van der Waals surface area contributed by atoms with Crippen molar-refractivity contribution in [3.8, 4) is 11.5 Å². The molecule has 0 saturated carbocycles. The SMILES string of the molecule is CC=C[C@](O)(Cn1cncn1)c1ccc(Oc2ccc(Cl)cc2)cc1Cl. The number of allylic oxidation sites excluding steroid dienone is 1. The van der Waals surface area contributed by atoms with Gasteiger partial charge in [0.1, 0.15) is 29.8 Å². The predicted octanol–water partition coefficient (Wildman–Crippen LogP) is 4.84. The molecule has 0 spiro atoms. The number of benzene rings is 2. The summed E-state index contributed by atoms with van der Waals surface area (Å²) in [5, 5.41) is 16.2. The molecule has 0 amide bonds. The maximum absolute atomic E-state index is 11.1. The molecule has 26 heavy (non-hydrogen) atoms. The van der Waals surface area contributed by atoms with Crippen molar-refractivity contribution in [1.82, 2.24) is 14.8 Å². The molecule has 1 heterocycles. The highest BCUT2D eigenvalue weighted by atomic mass is 35.5. The van der Waals surface area contributed by atoms with Gasteiger partial charge in [0, 0.05) is 10.6 Å². The highest BCUT2D eigenvalue weighted by Gasteiger charge is 2.29. The molecule has 0 aliphatic heterocycles. The van der Waals surface area contributed by atoms with Gasteiger partial charge in [-0.15, -0.1) is 0 Å². The number of aromatic nitrogens is 3. The zero-order valence-corrected chi connectivity index (χ0v) is 15.5. The molecule has 0 fully saturated rings. The molecule has 0 radical (unpaired) electrons. The second-order valence-electron chi connectivity index (χ2n) is 5.71. The molecule has 3 aromatic rings. The summed E-state index contributed by atoms with van der Waals surface area (Å²) >= 11 is 12.3. The molecule has 0 aliphatic rings. The molecule has 2 aromatic carbocycles. The molecule has 0 aliphatic carbocycles. The minimum atomic E-state index is -1.32. The van der Waals surface area contributed by atoms with E-state index in [2.05, 4.69) is 10.1 Å². The van der Waals surface area contributed by atoms with Gasteiger partial charge < -0.3 is 9.84 Å². The Kier molecular flexibility index (Phi) is 5.61. The van der Waals surface area contributed by atoms with E-state index in [1.807, 2.05) is 6.92 Å². The first-order valence-electron chi connectivity index (χ1n) is 7.92. The maximum atomic E-state index is 11.1. The van der Waals surface area contributed by atoms with Crippen molar-refractivity contribution in [1.29, 1.82) is 0 Å². The number of nitrogens with zero attached hydrogens (tertiary/aromatic N) is 3. The van der Waals surface area contributed by atoms with Crippen LogP contribution in [0, 0.1) is 0 Å². The van der Waals surface area contributed by atoms with Crippen LogP contribution in [0.3, 0.4) is 0 Å². The van der Waals surface area contributed by atoms with Crippen LogP contribution in [0.1, 0.15) is 12.5 Å². The molecule has 1 N–H and O–H groups in total. The van der Waals surface area contributed by atoms with Crippen LogP contribution >= 0.6 is 23.2 Å². The molecule has 1 aromatic heterocycles. The summed E-state index contributed by atoms with van der Waals surface area (Å²) in [6, 6.07) is 12.2. The molecule has 7 heteroatoms. The molecule has 0 bridgehead atoms. The van der Waals surface area contributed by atoms with Crippen LogP contribution in [-0.2, 0) is 12.1 Å². The standard InChI is InChI=1S/C19H17Cl2N3O2/c1-2-9-19(25,11-24-13-22-12-23-24)17-8-7-16(10-18(17)21)26-15-5-3-14(20)4-6-15/h2-10,12-13,25H,11H2,1H3/t19-/m0/s1. The van der Waals surface area contributed by atoms with Crippen molar-refractivity contribution < 1.29 is 9.84 Å². The second-order valence-corrected chi connectivity index (χ2v) is 6.56.